The summed E-state index contributed by atoms with van der Waals surface area (Å²) in [6.07, 6.45) is 8.34. The molecule has 2 rings (SSSR count). The maximum Gasteiger partial charge on any atom is 0.341 e. The lowest BCUT2D eigenvalue weighted by Crippen LogP contribution is -2.21. The predicted octanol–water partition coefficient (Wildman–Crippen LogP) is 5.01. The highest BCUT2D eigenvalue weighted by atomic mass is 35.5. The van der Waals surface area contributed by atoms with Crippen LogP contribution in [-0.2, 0) is 17.7 Å². The molecule has 2 N–H and O–H groups in total. The molecule has 2 aromatic rings. The van der Waals surface area contributed by atoms with E-state index in [1.807, 2.05) is 13.8 Å². The topological polar surface area (TPSA) is 111 Å². The van der Waals surface area contributed by atoms with Gasteiger partial charge in [-0.1, -0.05) is 44.2 Å². The zero-order valence-electron chi connectivity index (χ0n) is 20.9. The normalized spacial score (nSPS) is 11.4. The number of carboxylic acids is 1. The molecule has 2 heterocycles. The monoisotopic (exact) mass is 524 g/mol. The number of methoxy groups -OCH3 is 1. The fourth-order valence-corrected chi connectivity index (χ4v) is 3.24. The molecule has 0 fully saturated rings. The molecular weight excluding hydrogens is 491 g/mol. The van der Waals surface area contributed by atoms with Crippen molar-refractivity contribution in [1.29, 1.82) is 0 Å². The number of nitrogens with zero attached hydrogens (tertiary/aromatic N) is 2. The third-order valence-corrected chi connectivity index (χ3v) is 5.19. The quantitative estimate of drug-likeness (QED) is 0.264. The Morgan fingerprint density at radius 1 is 1.31 bits per heavy atom. The number of aryl methyl sites for hydroxylation is 1. The zero-order valence-corrected chi connectivity index (χ0v) is 21.7. The van der Waals surface area contributed by atoms with E-state index < -0.39 is 22.8 Å². The second-order valence-electron chi connectivity index (χ2n) is 7.35. The van der Waals surface area contributed by atoms with Crippen LogP contribution in [0.2, 0.25) is 0 Å². The van der Waals surface area contributed by atoms with Crippen LogP contribution in [0.5, 0.6) is 5.88 Å². The van der Waals surface area contributed by atoms with Gasteiger partial charge in [0.1, 0.15) is 17.0 Å². The highest BCUT2D eigenvalue weighted by molar-refractivity contribution is 6.31. The third-order valence-electron chi connectivity index (χ3n) is 4.86. The third kappa shape index (κ3) is 9.22. The van der Waals surface area contributed by atoms with Crippen molar-refractivity contribution >= 4 is 28.6 Å². The molecule has 0 radical (unpaired) electrons. The Morgan fingerprint density at radius 2 is 2.00 bits per heavy atom. The van der Waals surface area contributed by atoms with Gasteiger partial charge < -0.3 is 24.3 Å². The fraction of sp³-hybridized carbons (Fsp3) is 0.423. The van der Waals surface area contributed by atoms with Crippen molar-refractivity contribution in [2.75, 3.05) is 26.9 Å². The first-order valence-electron chi connectivity index (χ1n) is 11.7. The number of aromatic nitrogens is 2. The number of hydrogen-bond donors (Lipinski definition) is 2. The summed E-state index contributed by atoms with van der Waals surface area (Å²) in [5.41, 5.74) is -0.229. The average Bonchev–Trinajstić information content (AvgIpc) is 2.86. The Hall–Kier alpha value is -3.01. The van der Waals surface area contributed by atoms with Gasteiger partial charge in [-0.05, 0) is 37.8 Å². The molecule has 0 saturated carbocycles. The minimum atomic E-state index is -1.36. The second-order valence-corrected chi connectivity index (χ2v) is 7.76. The largest absolute Gasteiger partial charge is 0.477 e. The number of carboxylic acid groups (broad SMARTS) is 1. The van der Waals surface area contributed by atoms with Gasteiger partial charge in [-0.3, -0.25) is 4.79 Å². The van der Waals surface area contributed by atoms with Gasteiger partial charge in [0.15, 0.2) is 0 Å². The molecule has 2 aromatic heterocycles. The van der Waals surface area contributed by atoms with E-state index in [0.717, 1.165) is 12.8 Å². The standard InChI is InChI=1S/C24H28ClFN2O6.C2H6/c1-16(26)20(25)9-5-3-4-8-17-14-18-21(30)19(24(31)32)15-28(10-11-29)22(18)27-23(17)34-13-7-6-12-33-2;1-2/h3,5,9,14-15,29H,1,4,6-8,10-13H2,2H3,(H,31,32);1-2H3/b5-3-,20-9+;. The molecule has 0 spiro atoms. The molecule has 0 bridgehead atoms. The van der Waals surface area contributed by atoms with Crippen molar-refractivity contribution in [2.24, 2.45) is 0 Å². The van der Waals surface area contributed by atoms with Crippen LogP contribution in [0.4, 0.5) is 4.39 Å². The molecule has 0 aromatic carbocycles. The molecule has 0 aliphatic carbocycles. The fourth-order valence-electron chi connectivity index (χ4n) is 3.17. The van der Waals surface area contributed by atoms with Crippen molar-refractivity contribution in [2.45, 2.75) is 46.1 Å². The molecular formula is C26H34ClFN2O6. The first-order valence-corrected chi connectivity index (χ1v) is 12.1. The maximum atomic E-state index is 12.9. The van der Waals surface area contributed by atoms with Crippen molar-refractivity contribution in [3.05, 3.63) is 69.3 Å². The molecule has 198 valence electrons. The minimum absolute atomic E-state index is 0.0619. The number of carbonyl (C=O) groups is 1. The van der Waals surface area contributed by atoms with Gasteiger partial charge in [-0.15, -0.1) is 0 Å². The zero-order chi connectivity index (χ0) is 27.1. The van der Waals surface area contributed by atoms with Crippen LogP contribution in [0.15, 0.2) is 52.7 Å². The smallest absolute Gasteiger partial charge is 0.341 e. The SMILES string of the molecule is C=C(F)/C(Cl)=C\C=C/CCc1cc2c(=O)c(C(=O)O)cn(CCO)c2nc1OCCCCOC.CC. The molecule has 0 atom stereocenters. The predicted molar refractivity (Wildman–Crippen MR) is 140 cm³/mol. The van der Waals surface area contributed by atoms with E-state index in [9.17, 15) is 24.2 Å². The highest BCUT2D eigenvalue weighted by Crippen LogP contribution is 2.24. The van der Waals surface area contributed by atoms with E-state index in [1.165, 1.54) is 16.8 Å². The number of unbranched alkanes of at least 4 members (excludes halogenated alkanes) is 1. The number of pyridine rings is 2. The molecule has 10 heteroatoms. The van der Waals surface area contributed by atoms with E-state index in [0.29, 0.717) is 37.5 Å². The van der Waals surface area contributed by atoms with Crippen molar-refractivity contribution in [3.63, 3.8) is 0 Å². The summed E-state index contributed by atoms with van der Waals surface area (Å²) < 4.78 is 25.3. The summed E-state index contributed by atoms with van der Waals surface area (Å²) in [5, 5.41) is 18.8. The molecule has 0 amide bonds. The lowest BCUT2D eigenvalue weighted by molar-refractivity contribution is 0.0694. The summed E-state index contributed by atoms with van der Waals surface area (Å²) in [6.45, 7) is 7.89. The number of hydrogen-bond acceptors (Lipinski definition) is 6. The summed E-state index contributed by atoms with van der Waals surface area (Å²) in [6, 6.07) is 1.58. The van der Waals surface area contributed by atoms with Crippen LogP contribution in [0.1, 0.15) is 49.0 Å². The molecule has 0 saturated heterocycles. The first-order chi connectivity index (χ1) is 17.3. The van der Waals surface area contributed by atoms with E-state index in [-0.39, 0.29) is 29.2 Å². The Labute approximate surface area is 215 Å². The van der Waals surface area contributed by atoms with Gasteiger partial charge in [0.25, 0.3) is 0 Å². The maximum absolute atomic E-state index is 12.9. The Bertz CT molecular complexity index is 1140. The Morgan fingerprint density at radius 3 is 2.61 bits per heavy atom. The summed E-state index contributed by atoms with van der Waals surface area (Å²) in [5.74, 6) is -1.78. The number of aliphatic hydroxyl groups is 1. The van der Waals surface area contributed by atoms with Gasteiger partial charge >= 0.3 is 5.97 Å². The minimum Gasteiger partial charge on any atom is -0.477 e. The number of ether oxygens (including phenoxy) is 2. The summed E-state index contributed by atoms with van der Waals surface area (Å²) in [7, 11) is 1.62. The van der Waals surface area contributed by atoms with E-state index in [2.05, 4.69) is 11.6 Å². The Kier molecular flexibility index (Phi) is 14.3. The van der Waals surface area contributed by atoms with E-state index in [4.69, 9.17) is 21.1 Å². The van der Waals surface area contributed by atoms with Crippen LogP contribution >= 0.6 is 11.6 Å². The van der Waals surface area contributed by atoms with Gasteiger partial charge in [-0.2, -0.15) is 4.98 Å². The number of allylic oxidation sites excluding steroid dienone is 5. The van der Waals surface area contributed by atoms with Gasteiger partial charge in [0.2, 0.25) is 11.3 Å². The van der Waals surface area contributed by atoms with E-state index >= 15 is 0 Å². The molecule has 0 aliphatic heterocycles. The van der Waals surface area contributed by atoms with Crippen LogP contribution in [0, 0.1) is 0 Å². The lowest BCUT2D eigenvalue weighted by atomic mass is 10.1. The van der Waals surface area contributed by atoms with E-state index in [1.54, 1.807) is 25.3 Å². The van der Waals surface area contributed by atoms with Gasteiger partial charge in [0.05, 0.1) is 23.6 Å². The van der Waals surface area contributed by atoms with Crippen LogP contribution < -0.4 is 10.2 Å². The van der Waals surface area contributed by atoms with Crippen molar-refractivity contribution in [3.8, 4) is 5.88 Å². The van der Waals surface area contributed by atoms with Crippen LogP contribution in [0.25, 0.3) is 11.0 Å². The second kappa shape index (κ2) is 16.6. The molecule has 0 unspecified atom stereocenters. The summed E-state index contributed by atoms with van der Waals surface area (Å²) >= 11 is 5.69. The highest BCUT2D eigenvalue weighted by Gasteiger charge is 2.18. The van der Waals surface area contributed by atoms with Crippen molar-refractivity contribution < 1.29 is 28.9 Å². The molecule has 8 nitrogen and oxygen atoms in total. The van der Waals surface area contributed by atoms with Crippen LogP contribution in [0.3, 0.4) is 0 Å². The molecule has 36 heavy (non-hydrogen) atoms. The Balaban J connectivity index is 0.00000316. The number of aliphatic hydroxyl groups excluding tert-OH is 1. The number of aromatic carboxylic acids is 1. The number of fused-ring (bicyclic) bond motifs is 1. The van der Waals surface area contributed by atoms with Gasteiger partial charge in [0, 0.05) is 32.0 Å². The number of rotatable bonds is 14. The van der Waals surface area contributed by atoms with Gasteiger partial charge in [-0.25, -0.2) is 9.18 Å². The average molecular weight is 525 g/mol. The first kappa shape index (κ1) is 31.0. The number of halogens is 2. The summed E-state index contributed by atoms with van der Waals surface area (Å²) in [4.78, 5) is 28.9. The molecule has 0 aliphatic rings. The van der Waals surface area contributed by atoms with Crippen LogP contribution in [-0.4, -0.2) is 52.7 Å². The van der Waals surface area contributed by atoms with Crippen molar-refractivity contribution in [1.82, 2.24) is 9.55 Å². The lowest BCUT2D eigenvalue weighted by Gasteiger charge is -2.15.